The van der Waals surface area contributed by atoms with Crippen molar-refractivity contribution in [3.63, 3.8) is 0 Å². The number of carbonyl (C=O) groups is 1. The summed E-state index contributed by atoms with van der Waals surface area (Å²) in [6.07, 6.45) is -1.01. The lowest BCUT2D eigenvalue weighted by molar-refractivity contribution is -0.137. The molecule has 3 nitrogen and oxygen atoms in total. The Balaban J connectivity index is 3.91. The van der Waals surface area contributed by atoms with Crippen LogP contribution in [0.2, 0.25) is 0 Å². The fraction of sp³-hybridized carbons (Fsp3) is 0.833. The molecule has 0 fully saturated rings. The number of carboxylic acids is 1. The summed E-state index contributed by atoms with van der Waals surface area (Å²) < 4.78 is 0. The molecule has 3 unspecified atom stereocenters. The maximum absolute atomic E-state index is 10.2. The second-order valence-electron chi connectivity index (χ2n) is 2.41. The van der Waals surface area contributed by atoms with E-state index in [0.29, 0.717) is 5.75 Å². The van der Waals surface area contributed by atoms with Crippen LogP contribution in [-0.4, -0.2) is 38.5 Å². The maximum atomic E-state index is 10.2. The number of aliphatic hydroxyl groups excluding tert-OH is 1. The molecule has 0 rings (SSSR count). The summed E-state index contributed by atoms with van der Waals surface area (Å²) in [6, 6.07) is 0. The van der Waals surface area contributed by atoms with Crippen LogP contribution in [0.4, 0.5) is 0 Å². The third-order valence-electron chi connectivity index (χ3n) is 1.36. The first-order valence-corrected chi connectivity index (χ1v) is 5.02. The predicted molar refractivity (Wildman–Crippen MR) is 57.7 cm³/mol. The van der Waals surface area contributed by atoms with Crippen LogP contribution in [-0.2, 0) is 4.79 Å². The van der Waals surface area contributed by atoms with E-state index in [9.17, 15) is 9.90 Å². The highest BCUT2D eigenvalue weighted by Gasteiger charge is 2.23. The Morgan fingerprint density at radius 1 is 1.33 bits per heavy atom. The van der Waals surface area contributed by atoms with Gasteiger partial charge in [-0.15, -0.1) is 0 Å². The van der Waals surface area contributed by atoms with E-state index in [1.54, 1.807) is 0 Å². The number of thiol groups is 3. The highest BCUT2D eigenvalue weighted by molar-refractivity contribution is 7.85. The first-order chi connectivity index (χ1) is 5.49. The Bertz CT molecular complexity index is 153. The second-order valence-corrected chi connectivity index (χ2v) is 4.10. The minimum Gasteiger partial charge on any atom is -0.481 e. The standard InChI is InChI=1S/C6H12O3S3/c7-5(8)1-3(11)6(9)4(12)2-10/h3-4,6,9-12H,1-2H2,(H,7,8). The number of rotatable bonds is 5. The first kappa shape index (κ1) is 12.5. The summed E-state index contributed by atoms with van der Waals surface area (Å²) in [5.74, 6) is -0.588. The minimum absolute atomic E-state index is 0.172. The molecule has 0 spiro atoms. The largest absolute Gasteiger partial charge is 0.481 e. The van der Waals surface area contributed by atoms with Crippen LogP contribution in [0.5, 0.6) is 0 Å². The molecule has 0 aromatic carbocycles. The summed E-state index contributed by atoms with van der Waals surface area (Å²) in [6.45, 7) is 0. The van der Waals surface area contributed by atoms with Crippen molar-refractivity contribution in [2.45, 2.75) is 23.0 Å². The minimum atomic E-state index is -0.978. The monoisotopic (exact) mass is 228 g/mol. The van der Waals surface area contributed by atoms with Gasteiger partial charge in [-0.1, -0.05) is 0 Å². The summed E-state index contributed by atoms with van der Waals surface area (Å²) >= 11 is 11.9. The molecule has 0 aromatic rings. The molecular weight excluding hydrogens is 216 g/mol. The quantitative estimate of drug-likeness (QED) is 0.441. The zero-order valence-electron chi connectivity index (χ0n) is 6.29. The molecule has 0 amide bonds. The van der Waals surface area contributed by atoms with Gasteiger partial charge in [0.15, 0.2) is 0 Å². The van der Waals surface area contributed by atoms with Gasteiger partial charge in [0, 0.05) is 16.3 Å². The zero-order valence-corrected chi connectivity index (χ0v) is 8.97. The average molecular weight is 228 g/mol. The van der Waals surface area contributed by atoms with Gasteiger partial charge in [0.1, 0.15) is 0 Å². The lowest BCUT2D eigenvalue weighted by Gasteiger charge is -2.20. The molecule has 0 saturated heterocycles. The van der Waals surface area contributed by atoms with Crippen LogP contribution < -0.4 is 0 Å². The maximum Gasteiger partial charge on any atom is 0.304 e. The Hall–Kier alpha value is 0.480. The molecule has 0 aromatic heterocycles. The summed E-state index contributed by atoms with van der Waals surface area (Å²) in [7, 11) is 0. The van der Waals surface area contributed by atoms with Crippen molar-refractivity contribution in [3.8, 4) is 0 Å². The van der Waals surface area contributed by atoms with Gasteiger partial charge in [0.05, 0.1) is 12.5 Å². The molecule has 12 heavy (non-hydrogen) atoms. The number of hydrogen-bond donors (Lipinski definition) is 5. The molecule has 3 atom stereocenters. The SMILES string of the molecule is O=C(O)CC(S)C(O)C(S)CS. The predicted octanol–water partition coefficient (Wildman–Crippen LogP) is 0.349. The molecule has 0 aliphatic heterocycles. The van der Waals surface area contributed by atoms with Crippen LogP contribution in [0.3, 0.4) is 0 Å². The van der Waals surface area contributed by atoms with Gasteiger partial charge >= 0.3 is 5.97 Å². The number of aliphatic carboxylic acids is 1. The first-order valence-electron chi connectivity index (χ1n) is 3.36. The topological polar surface area (TPSA) is 57.5 Å². The van der Waals surface area contributed by atoms with Gasteiger partial charge in [-0.05, 0) is 0 Å². The molecule has 2 N–H and O–H groups in total. The van der Waals surface area contributed by atoms with Gasteiger partial charge < -0.3 is 10.2 Å². The Morgan fingerprint density at radius 3 is 2.17 bits per heavy atom. The van der Waals surface area contributed by atoms with E-state index in [-0.39, 0.29) is 11.7 Å². The van der Waals surface area contributed by atoms with Crippen LogP contribution in [0.1, 0.15) is 6.42 Å². The van der Waals surface area contributed by atoms with Crippen molar-refractivity contribution in [1.82, 2.24) is 0 Å². The molecule has 0 heterocycles. The molecule has 6 heteroatoms. The highest BCUT2D eigenvalue weighted by atomic mass is 32.1. The third kappa shape index (κ3) is 4.49. The van der Waals surface area contributed by atoms with Gasteiger partial charge in [-0.2, -0.15) is 37.9 Å². The molecule has 0 aliphatic carbocycles. The highest BCUT2D eigenvalue weighted by Crippen LogP contribution is 2.15. The molecule has 0 aliphatic rings. The third-order valence-corrected chi connectivity index (χ3v) is 3.02. The van der Waals surface area contributed by atoms with Gasteiger partial charge in [0.25, 0.3) is 0 Å². The van der Waals surface area contributed by atoms with Crippen molar-refractivity contribution in [2.24, 2.45) is 0 Å². The lowest BCUT2D eigenvalue weighted by atomic mass is 10.1. The Labute approximate surface area is 87.8 Å². The number of aliphatic hydroxyl groups is 1. The fourth-order valence-corrected chi connectivity index (χ4v) is 1.59. The van der Waals surface area contributed by atoms with Crippen molar-refractivity contribution in [3.05, 3.63) is 0 Å². The number of hydrogen-bond acceptors (Lipinski definition) is 5. The average Bonchev–Trinajstić information content (AvgIpc) is 2.00. The normalized spacial score (nSPS) is 18.3. The molecule has 0 bridgehead atoms. The number of carboxylic acid groups (broad SMARTS) is 1. The zero-order chi connectivity index (χ0) is 9.72. The molecule has 0 saturated carbocycles. The summed E-state index contributed by atoms with van der Waals surface area (Å²) in [5, 5.41) is 16.8. The van der Waals surface area contributed by atoms with E-state index in [1.807, 2.05) is 0 Å². The van der Waals surface area contributed by atoms with Gasteiger partial charge in [-0.25, -0.2) is 0 Å². The van der Waals surface area contributed by atoms with Crippen LogP contribution in [0.25, 0.3) is 0 Å². The second kappa shape index (κ2) is 6.01. The Kier molecular flexibility index (Phi) is 6.25. The summed E-state index contributed by atoms with van der Waals surface area (Å²) in [4.78, 5) is 10.2. The smallest absolute Gasteiger partial charge is 0.304 e. The lowest BCUT2D eigenvalue weighted by Crippen LogP contribution is -2.33. The van der Waals surface area contributed by atoms with E-state index in [2.05, 4.69) is 37.9 Å². The van der Waals surface area contributed by atoms with E-state index >= 15 is 0 Å². The van der Waals surface area contributed by atoms with Crippen molar-refractivity contribution >= 4 is 43.9 Å². The van der Waals surface area contributed by atoms with E-state index < -0.39 is 17.3 Å². The van der Waals surface area contributed by atoms with Crippen molar-refractivity contribution in [2.75, 3.05) is 5.75 Å². The van der Waals surface area contributed by atoms with Gasteiger partial charge in [-0.3, -0.25) is 4.79 Å². The summed E-state index contributed by atoms with van der Waals surface area (Å²) in [5.41, 5.74) is 0. The van der Waals surface area contributed by atoms with Crippen LogP contribution in [0.15, 0.2) is 0 Å². The van der Waals surface area contributed by atoms with E-state index in [4.69, 9.17) is 5.11 Å². The van der Waals surface area contributed by atoms with Crippen molar-refractivity contribution < 1.29 is 15.0 Å². The van der Waals surface area contributed by atoms with Crippen molar-refractivity contribution in [1.29, 1.82) is 0 Å². The Morgan fingerprint density at radius 2 is 1.83 bits per heavy atom. The molecular formula is C6H12O3S3. The van der Waals surface area contributed by atoms with Crippen LogP contribution in [0, 0.1) is 0 Å². The van der Waals surface area contributed by atoms with E-state index in [1.165, 1.54) is 0 Å². The van der Waals surface area contributed by atoms with Crippen LogP contribution >= 0.6 is 37.9 Å². The molecule has 72 valence electrons. The molecule has 0 radical (unpaired) electrons. The fourth-order valence-electron chi connectivity index (χ4n) is 0.664. The van der Waals surface area contributed by atoms with E-state index in [0.717, 1.165) is 0 Å². The van der Waals surface area contributed by atoms with Gasteiger partial charge in [0.2, 0.25) is 0 Å².